The third-order valence-electron chi connectivity index (χ3n) is 8.00. The minimum Gasteiger partial charge on any atom is -0.490 e. The predicted molar refractivity (Wildman–Crippen MR) is 123 cm³/mol. The van der Waals surface area contributed by atoms with Gasteiger partial charge in [0.05, 0.1) is 12.0 Å². The summed E-state index contributed by atoms with van der Waals surface area (Å²) in [5.41, 5.74) is 1.32. The predicted octanol–water partition coefficient (Wildman–Crippen LogP) is 6.02. The molecule has 0 aromatic heterocycles. The molecule has 0 amide bonds. The van der Waals surface area contributed by atoms with Crippen molar-refractivity contribution in [3.8, 4) is 5.75 Å². The number of rotatable bonds is 5. The lowest BCUT2D eigenvalue weighted by atomic mass is 9.78. The number of aliphatic carboxylic acids is 1. The lowest BCUT2D eigenvalue weighted by molar-refractivity contribution is -0.146. The molecule has 3 fully saturated rings. The highest BCUT2D eigenvalue weighted by atomic mass is 16.5. The molecule has 1 saturated carbocycles. The van der Waals surface area contributed by atoms with E-state index >= 15 is 0 Å². The van der Waals surface area contributed by atoms with Gasteiger partial charge in [-0.15, -0.1) is 0 Å². The maximum Gasteiger partial charge on any atom is 0.306 e. The first-order valence-electron chi connectivity index (χ1n) is 12.2. The molecule has 2 aliphatic heterocycles. The highest BCUT2D eigenvalue weighted by Crippen LogP contribution is 2.39. The zero-order chi connectivity index (χ0) is 21.4. The van der Waals surface area contributed by atoms with Crippen LogP contribution in [0.25, 0.3) is 10.8 Å². The summed E-state index contributed by atoms with van der Waals surface area (Å²) in [6.45, 7) is 3.26. The molecule has 1 aliphatic carbocycles. The molecule has 2 heterocycles. The summed E-state index contributed by atoms with van der Waals surface area (Å²) in [4.78, 5) is 14.1. The van der Waals surface area contributed by atoms with Gasteiger partial charge in [-0.1, -0.05) is 37.6 Å². The van der Waals surface area contributed by atoms with Gasteiger partial charge in [0.25, 0.3) is 0 Å². The highest BCUT2D eigenvalue weighted by molar-refractivity contribution is 5.88. The lowest BCUT2D eigenvalue weighted by Gasteiger charge is -2.48. The fourth-order valence-electron chi connectivity index (χ4n) is 6.18. The zero-order valence-corrected chi connectivity index (χ0v) is 18.6. The zero-order valence-electron chi connectivity index (χ0n) is 18.6. The van der Waals surface area contributed by atoms with Crippen molar-refractivity contribution in [2.24, 2.45) is 11.8 Å². The second-order valence-electron chi connectivity index (χ2n) is 10.2. The molecular weight excluding hydrogens is 386 g/mol. The lowest BCUT2D eigenvalue weighted by Crippen LogP contribution is -2.52. The molecule has 2 bridgehead atoms. The third-order valence-corrected chi connectivity index (χ3v) is 8.00. The number of hydrogen-bond donors (Lipinski definition) is 1. The maximum atomic E-state index is 11.6. The fraction of sp³-hybridized carbons (Fsp3) is 0.593. The molecule has 2 saturated heterocycles. The molecule has 0 radical (unpaired) electrons. The van der Waals surface area contributed by atoms with Crippen molar-refractivity contribution >= 4 is 16.7 Å². The molecule has 3 aliphatic rings. The van der Waals surface area contributed by atoms with Gasteiger partial charge in [0, 0.05) is 24.0 Å². The summed E-state index contributed by atoms with van der Waals surface area (Å²) in [7, 11) is 0. The van der Waals surface area contributed by atoms with E-state index < -0.39 is 5.97 Å². The number of carboxylic acids is 1. The molecule has 0 spiro atoms. The molecule has 31 heavy (non-hydrogen) atoms. The third kappa shape index (κ3) is 4.45. The fourth-order valence-corrected chi connectivity index (χ4v) is 6.18. The Hall–Kier alpha value is -2.07. The van der Waals surface area contributed by atoms with Crippen LogP contribution in [0.15, 0.2) is 36.4 Å². The van der Waals surface area contributed by atoms with Crippen LogP contribution in [0.5, 0.6) is 5.75 Å². The summed E-state index contributed by atoms with van der Waals surface area (Å²) in [5, 5.41) is 12.0. The minimum absolute atomic E-state index is 0.161. The van der Waals surface area contributed by atoms with Gasteiger partial charge < -0.3 is 9.84 Å². The quantitative estimate of drug-likeness (QED) is 0.642. The van der Waals surface area contributed by atoms with E-state index in [1.54, 1.807) is 0 Å². The van der Waals surface area contributed by atoms with E-state index in [9.17, 15) is 9.90 Å². The molecule has 2 unspecified atom stereocenters. The number of carboxylic acid groups (broad SMARTS) is 1. The summed E-state index contributed by atoms with van der Waals surface area (Å²) < 4.78 is 6.44. The Morgan fingerprint density at radius 1 is 1.03 bits per heavy atom. The molecule has 5 rings (SSSR count). The van der Waals surface area contributed by atoms with Crippen LogP contribution < -0.4 is 4.74 Å². The van der Waals surface area contributed by atoms with Crippen molar-refractivity contribution in [2.75, 3.05) is 0 Å². The van der Waals surface area contributed by atoms with Gasteiger partial charge in [-0.25, -0.2) is 0 Å². The average molecular weight is 422 g/mol. The van der Waals surface area contributed by atoms with Gasteiger partial charge in [-0.05, 0) is 80.4 Å². The van der Waals surface area contributed by atoms with E-state index in [-0.39, 0.29) is 5.92 Å². The normalized spacial score (nSPS) is 31.5. The minimum atomic E-state index is -0.609. The Labute approximate surface area is 185 Å². The standard InChI is InChI=1S/C27H35NO3/c1-18-8-11-24(12-9-18)31-26-7-2-4-20-14-19(10-13-25(20)26)17-28-22-5-3-6-23(28)16-21(15-22)27(29)30/h2,4,7,10,13-14,18,21-24H,3,5-6,8-9,11-12,15-17H2,1H3,(H,29,30). The van der Waals surface area contributed by atoms with Crippen LogP contribution in [0.4, 0.5) is 0 Å². The van der Waals surface area contributed by atoms with Crippen LogP contribution in [-0.2, 0) is 11.3 Å². The molecule has 1 N–H and O–H groups in total. The smallest absolute Gasteiger partial charge is 0.306 e. The number of fused-ring (bicyclic) bond motifs is 3. The summed E-state index contributed by atoms with van der Waals surface area (Å²) in [5.74, 6) is 1.07. The molecule has 2 aromatic rings. The second kappa shape index (κ2) is 8.82. The van der Waals surface area contributed by atoms with Crippen LogP contribution in [0.3, 0.4) is 0 Å². The number of nitrogens with zero attached hydrogens (tertiary/aromatic N) is 1. The van der Waals surface area contributed by atoms with Gasteiger partial charge in [0.2, 0.25) is 0 Å². The molecular formula is C27H35NO3. The highest BCUT2D eigenvalue weighted by Gasteiger charge is 2.40. The number of hydrogen-bond acceptors (Lipinski definition) is 3. The van der Waals surface area contributed by atoms with Crippen LogP contribution in [0.2, 0.25) is 0 Å². The summed E-state index contributed by atoms with van der Waals surface area (Å²) in [6, 6.07) is 14.0. The maximum absolute atomic E-state index is 11.6. The summed E-state index contributed by atoms with van der Waals surface area (Å²) >= 11 is 0. The van der Waals surface area contributed by atoms with Crippen molar-refractivity contribution in [3.63, 3.8) is 0 Å². The Morgan fingerprint density at radius 2 is 1.77 bits per heavy atom. The van der Waals surface area contributed by atoms with Gasteiger partial charge in [-0.2, -0.15) is 0 Å². The topological polar surface area (TPSA) is 49.8 Å². The molecule has 2 aromatic carbocycles. The number of ether oxygens (including phenoxy) is 1. The van der Waals surface area contributed by atoms with E-state index in [0.717, 1.165) is 56.7 Å². The van der Waals surface area contributed by atoms with Crippen LogP contribution >= 0.6 is 0 Å². The van der Waals surface area contributed by atoms with Crippen LogP contribution in [0.1, 0.15) is 70.3 Å². The second-order valence-corrected chi connectivity index (χ2v) is 10.2. The Bertz CT molecular complexity index is 919. The van der Waals surface area contributed by atoms with E-state index in [1.165, 1.54) is 35.6 Å². The molecule has 166 valence electrons. The summed E-state index contributed by atoms with van der Waals surface area (Å²) in [6.07, 6.45) is 10.3. The Kier molecular flexibility index (Phi) is 5.92. The van der Waals surface area contributed by atoms with Crippen LogP contribution in [-0.4, -0.2) is 34.2 Å². The number of benzene rings is 2. The van der Waals surface area contributed by atoms with Crippen molar-refractivity contribution < 1.29 is 14.6 Å². The largest absolute Gasteiger partial charge is 0.490 e. The van der Waals surface area contributed by atoms with Crippen molar-refractivity contribution in [2.45, 2.75) is 89.4 Å². The van der Waals surface area contributed by atoms with Crippen LogP contribution in [0, 0.1) is 11.8 Å². The SMILES string of the molecule is CC1CCC(Oc2cccc3cc(CN4C5CCCC4CC(C(=O)O)C5)ccc23)CC1. The van der Waals surface area contributed by atoms with Gasteiger partial charge in [0.1, 0.15) is 5.75 Å². The Balaban J connectivity index is 1.32. The number of carbonyl (C=O) groups is 1. The van der Waals surface area contributed by atoms with Gasteiger partial charge >= 0.3 is 5.97 Å². The molecule has 4 heteroatoms. The van der Waals surface area contributed by atoms with E-state index in [0.29, 0.717) is 18.2 Å². The Morgan fingerprint density at radius 3 is 2.48 bits per heavy atom. The monoisotopic (exact) mass is 421 g/mol. The van der Waals surface area contributed by atoms with Gasteiger partial charge in [-0.3, -0.25) is 9.69 Å². The van der Waals surface area contributed by atoms with Gasteiger partial charge in [0.15, 0.2) is 0 Å². The van der Waals surface area contributed by atoms with E-state index in [2.05, 4.69) is 48.2 Å². The average Bonchev–Trinajstić information content (AvgIpc) is 2.75. The van der Waals surface area contributed by atoms with E-state index in [1.807, 2.05) is 0 Å². The van der Waals surface area contributed by atoms with Crippen molar-refractivity contribution in [1.29, 1.82) is 0 Å². The molecule has 4 nitrogen and oxygen atoms in total. The van der Waals surface area contributed by atoms with E-state index in [4.69, 9.17) is 4.74 Å². The number of piperidine rings is 2. The first-order chi connectivity index (χ1) is 15.1. The van der Waals surface area contributed by atoms with Crippen molar-refractivity contribution in [3.05, 3.63) is 42.0 Å². The first-order valence-corrected chi connectivity index (χ1v) is 12.2. The van der Waals surface area contributed by atoms with Crippen molar-refractivity contribution in [1.82, 2.24) is 4.90 Å². The molecule has 2 atom stereocenters. The first kappa shape index (κ1) is 20.8.